The molecule has 1 fully saturated rings. The second kappa shape index (κ2) is 5.75. The summed E-state index contributed by atoms with van der Waals surface area (Å²) in [6, 6.07) is 0. The van der Waals surface area contributed by atoms with Crippen molar-refractivity contribution in [2.75, 3.05) is 31.1 Å². The van der Waals surface area contributed by atoms with Crippen molar-refractivity contribution in [3.05, 3.63) is 34.5 Å². The van der Waals surface area contributed by atoms with E-state index in [0.29, 0.717) is 17.0 Å². The quantitative estimate of drug-likeness (QED) is 0.711. The number of H-pyrrole nitrogens is 1. The van der Waals surface area contributed by atoms with E-state index in [4.69, 9.17) is 0 Å². The van der Waals surface area contributed by atoms with E-state index in [0.717, 1.165) is 32.7 Å². The van der Waals surface area contributed by atoms with Crippen LogP contribution in [0.1, 0.15) is 5.56 Å². The zero-order chi connectivity index (χ0) is 16.7. The van der Waals surface area contributed by atoms with E-state index in [1.165, 1.54) is 5.56 Å². The number of nitrogens with one attached hydrogen (secondary N) is 1. The number of hydrogen-bond acceptors (Lipinski definition) is 6. The summed E-state index contributed by atoms with van der Waals surface area (Å²) in [5.41, 5.74) is 1.70. The molecule has 0 spiro atoms. The average Bonchev–Trinajstić information content (AvgIpc) is 3.15. The monoisotopic (exact) mass is 328 g/mol. The average molecular weight is 328 g/mol. The molecule has 3 aromatic heterocycles. The fraction of sp³-hybridized carbons (Fsp3) is 0.467. The van der Waals surface area contributed by atoms with Gasteiger partial charge in [-0.2, -0.15) is 15.2 Å². The predicted molar refractivity (Wildman–Crippen MR) is 89.8 cm³/mol. The van der Waals surface area contributed by atoms with Crippen molar-refractivity contribution in [3.63, 3.8) is 0 Å². The normalized spacial score (nSPS) is 16.2. The van der Waals surface area contributed by atoms with Gasteiger partial charge in [0.1, 0.15) is 5.39 Å². The number of hydrogen-bond donors (Lipinski definition) is 1. The van der Waals surface area contributed by atoms with E-state index in [2.05, 4.69) is 30.0 Å². The van der Waals surface area contributed by atoms with E-state index >= 15 is 0 Å². The third kappa shape index (κ3) is 2.67. The number of piperazine rings is 1. The Morgan fingerprint density at radius 1 is 1.12 bits per heavy atom. The molecule has 4 rings (SSSR count). The van der Waals surface area contributed by atoms with E-state index in [9.17, 15) is 4.79 Å². The minimum atomic E-state index is -0.138. The van der Waals surface area contributed by atoms with Crippen LogP contribution < -0.4 is 10.5 Å². The molecule has 0 radical (unpaired) electrons. The molecule has 0 aromatic carbocycles. The lowest BCUT2D eigenvalue weighted by Crippen LogP contribution is -2.46. The molecular formula is C15H20N8O. The van der Waals surface area contributed by atoms with Gasteiger partial charge in [0.15, 0.2) is 5.65 Å². The van der Waals surface area contributed by atoms with Crippen molar-refractivity contribution < 1.29 is 0 Å². The molecule has 0 amide bonds. The molecule has 0 bridgehead atoms. The molecule has 1 aliphatic heterocycles. The standard InChI is InChI=1S/C15H20N8O/c1-20-9-11(7-16-20)10-22-3-5-23(6-4-22)15-18-13-12(14(24)19-15)8-17-21(13)2/h7-9H,3-6,10H2,1-2H3,(H,18,19,24). The molecule has 9 heteroatoms. The summed E-state index contributed by atoms with van der Waals surface area (Å²) in [5.74, 6) is 0.622. The summed E-state index contributed by atoms with van der Waals surface area (Å²) in [6.07, 6.45) is 5.50. The van der Waals surface area contributed by atoms with Crippen LogP contribution in [0.3, 0.4) is 0 Å². The van der Waals surface area contributed by atoms with Crippen LogP contribution in [0.25, 0.3) is 11.0 Å². The first kappa shape index (κ1) is 14.9. The number of aryl methyl sites for hydroxylation is 2. The van der Waals surface area contributed by atoms with Gasteiger partial charge in [-0.25, -0.2) is 0 Å². The maximum atomic E-state index is 12.2. The minimum Gasteiger partial charge on any atom is -0.340 e. The third-order valence-electron chi connectivity index (χ3n) is 4.43. The van der Waals surface area contributed by atoms with E-state index in [-0.39, 0.29) is 5.56 Å². The van der Waals surface area contributed by atoms with Crippen LogP contribution in [0, 0.1) is 0 Å². The molecule has 0 atom stereocenters. The highest BCUT2D eigenvalue weighted by atomic mass is 16.1. The molecular weight excluding hydrogens is 308 g/mol. The second-order valence-corrected chi connectivity index (χ2v) is 6.18. The lowest BCUT2D eigenvalue weighted by molar-refractivity contribution is 0.248. The van der Waals surface area contributed by atoms with Crippen LogP contribution in [-0.2, 0) is 20.6 Å². The molecule has 1 saturated heterocycles. The van der Waals surface area contributed by atoms with Crippen LogP contribution >= 0.6 is 0 Å². The second-order valence-electron chi connectivity index (χ2n) is 6.18. The first-order valence-electron chi connectivity index (χ1n) is 7.97. The molecule has 0 saturated carbocycles. The van der Waals surface area contributed by atoms with Gasteiger partial charge in [0, 0.05) is 58.6 Å². The van der Waals surface area contributed by atoms with Crippen molar-refractivity contribution >= 4 is 17.0 Å². The van der Waals surface area contributed by atoms with Gasteiger partial charge in [-0.15, -0.1) is 0 Å². The highest BCUT2D eigenvalue weighted by Crippen LogP contribution is 2.14. The van der Waals surface area contributed by atoms with Crippen molar-refractivity contribution in [2.24, 2.45) is 14.1 Å². The Balaban J connectivity index is 1.47. The van der Waals surface area contributed by atoms with Crippen LogP contribution in [0.4, 0.5) is 5.95 Å². The van der Waals surface area contributed by atoms with Crippen molar-refractivity contribution in [1.29, 1.82) is 0 Å². The largest absolute Gasteiger partial charge is 0.340 e. The number of rotatable bonds is 3. The number of nitrogens with zero attached hydrogens (tertiary/aromatic N) is 7. The Hall–Kier alpha value is -2.68. The Bertz CT molecular complexity index is 915. The van der Waals surface area contributed by atoms with Crippen LogP contribution in [0.5, 0.6) is 0 Å². The van der Waals surface area contributed by atoms with Gasteiger partial charge in [0.05, 0.1) is 12.4 Å². The molecule has 1 N–H and O–H groups in total. The summed E-state index contributed by atoms with van der Waals surface area (Å²) in [7, 11) is 3.72. The van der Waals surface area contributed by atoms with E-state index in [1.54, 1.807) is 17.9 Å². The molecule has 126 valence electrons. The Kier molecular flexibility index (Phi) is 3.57. The van der Waals surface area contributed by atoms with Crippen LogP contribution in [0.2, 0.25) is 0 Å². The fourth-order valence-electron chi connectivity index (χ4n) is 3.10. The summed E-state index contributed by atoms with van der Waals surface area (Å²) >= 11 is 0. The molecule has 0 unspecified atom stereocenters. The Morgan fingerprint density at radius 2 is 1.92 bits per heavy atom. The van der Waals surface area contributed by atoms with Crippen molar-refractivity contribution in [3.8, 4) is 0 Å². The van der Waals surface area contributed by atoms with E-state index in [1.807, 2.05) is 24.1 Å². The molecule has 4 heterocycles. The third-order valence-corrected chi connectivity index (χ3v) is 4.43. The van der Waals surface area contributed by atoms with Gasteiger partial charge in [-0.05, 0) is 0 Å². The van der Waals surface area contributed by atoms with Gasteiger partial charge in [-0.1, -0.05) is 0 Å². The first-order valence-corrected chi connectivity index (χ1v) is 7.97. The number of aromatic nitrogens is 6. The van der Waals surface area contributed by atoms with Gasteiger partial charge < -0.3 is 4.90 Å². The summed E-state index contributed by atoms with van der Waals surface area (Å²) < 4.78 is 3.45. The topological polar surface area (TPSA) is 87.9 Å². The van der Waals surface area contributed by atoms with Crippen LogP contribution in [-0.4, -0.2) is 60.6 Å². The van der Waals surface area contributed by atoms with Crippen molar-refractivity contribution in [1.82, 2.24) is 34.4 Å². The Labute approximate surface area is 138 Å². The summed E-state index contributed by atoms with van der Waals surface area (Å²) in [6.45, 7) is 4.38. The first-order chi connectivity index (χ1) is 11.6. The zero-order valence-corrected chi connectivity index (χ0v) is 13.8. The van der Waals surface area contributed by atoms with E-state index < -0.39 is 0 Å². The number of aromatic amines is 1. The maximum Gasteiger partial charge on any atom is 0.263 e. The highest BCUT2D eigenvalue weighted by Gasteiger charge is 2.20. The maximum absolute atomic E-state index is 12.2. The predicted octanol–water partition coefficient (Wildman–Crippen LogP) is -0.288. The minimum absolute atomic E-state index is 0.138. The smallest absolute Gasteiger partial charge is 0.263 e. The van der Waals surface area contributed by atoms with Crippen LogP contribution in [0.15, 0.2) is 23.4 Å². The van der Waals surface area contributed by atoms with Gasteiger partial charge in [0.2, 0.25) is 5.95 Å². The lowest BCUT2D eigenvalue weighted by Gasteiger charge is -2.34. The summed E-state index contributed by atoms with van der Waals surface area (Å²) in [5, 5.41) is 8.84. The Morgan fingerprint density at radius 3 is 2.62 bits per heavy atom. The number of fused-ring (bicyclic) bond motifs is 1. The summed E-state index contributed by atoms with van der Waals surface area (Å²) in [4.78, 5) is 24.1. The molecule has 9 nitrogen and oxygen atoms in total. The van der Waals surface area contributed by atoms with Gasteiger partial charge >= 0.3 is 0 Å². The highest BCUT2D eigenvalue weighted by molar-refractivity contribution is 5.74. The SMILES string of the molecule is Cn1cc(CN2CCN(c3nc4c(cnn4C)c(=O)[nH]3)CC2)cn1. The molecule has 3 aromatic rings. The molecule has 1 aliphatic rings. The molecule has 24 heavy (non-hydrogen) atoms. The molecule has 0 aliphatic carbocycles. The number of anilines is 1. The lowest BCUT2D eigenvalue weighted by atomic mass is 10.2. The van der Waals surface area contributed by atoms with Gasteiger partial charge in [-0.3, -0.25) is 24.0 Å². The fourth-order valence-corrected chi connectivity index (χ4v) is 3.10. The van der Waals surface area contributed by atoms with Gasteiger partial charge in [0.25, 0.3) is 5.56 Å². The van der Waals surface area contributed by atoms with Crippen molar-refractivity contribution in [2.45, 2.75) is 6.54 Å². The zero-order valence-electron chi connectivity index (χ0n) is 13.8.